The number of amides is 1. The van der Waals surface area contributed by atoms with Gasteiger partial charge in [-0.15, -0.1) is 0 Å². The molecule has 0 unspecified atom stereocenters. The van der Waals surface area contributed by atoms with Crippen LogP contribution < -0.4 is 0 Å². The minimum absolute atomic E-state index is 0.138. The van der Waals surface area contributed by atoms with Crippen LogP contribution in [-0.4, -0.2) is 40.4 Å². The third-order valence-corrected chi connectivity index (χ3v) is 5.50. The summed E-state index contributed by atoms with van der Waals surface area (Å²) in [6.07, 6.45) is 2.75. The molecule has 0 radical (unpaired) electrons. The number of benzene rings is 2. The molecule has 0 saturated carbocycles. The molecule has 0 saturated heterocycles. The standard InChI is InChI=1S/C22H27ClN2O2/c1-3-4-11-24(2)22(27)20-13-16-7-5-6-8-17(16)14-25(20)15-18-12-19(23)9-10-21(18)26/h5-10,12,20,26H,3-4,11,13-15H2,1-2H3/t20-/m0/s1. The maximum absolute atomic E-state index is 13.2. The molecule has 0 fully saturated rings. The number of hydrogen-bond acceptors (Lipinski definition) is 3. The van der Waals surface area contributed by atoms with Crippen LogP contribution in [-0.2, 0) is 24.3 Å². The molecule has 0 bridgehead atoms. The summed E-state index contributed by atoms with van der Waals surface area (Å²) in [5, 5.41) is 10.8. The molecule has 0 aliphatic carbocycles. The molecule has 2 aromatic rings. The van der Waals surface area contributed by atoms with Crippen molar-refractivity contribution in [2.24, 2.45) is 0 Å². The largest absolute Gasteiger partial charge is 0.508 e. The van der Waals surface area contributed by atoms with Crippen molar-refractivity contribution in [2.45, 2.75) is 45.3 Å². The normalized spacial score (nSPS) is 16.8. The van der Waals surface area contributed by atoms with Crippen molar-refractivity contribution in [2.75, 3.05) is 13.6 Å². The van der Waals surface area contributed by atoms with Gasteiger partial charge in [-0.25, -0.2) is 0 Å². The molecule has 27 heavy (non-hydrogen) atoms. The molecule has 1 heterocycles. The fraction of sp³-hybridized carbons (Fsp3) is 0.409. The summed E-state index contributed by atoms with van der Waals surface area (Å²) in [5.41, 5.74) is 3.21. The smallest absolute Gasteiger partial charge is 0.240 e. The fourth-order valence-electron chi connectivity index (χ4n) is 3.65. The zero-order valence-electron chi connectivity index (χ0n) is 16.0. The van der Waals surface area contributed by atoms with Crippen LogP contribution in [0.25, 0.3) is 0 Å². The molecule has 1 atom stereocenters. The predicted octanol–water partition coefficient (Wildman–Crippen LogP) is 4.23. The van der Waals surface area contributed by atoms with E-state index < -0.39 is 0 Å². The lowest BCUT2D eigenvalue weighted by atomic mass is 9.92. The summed E-state index contributed by atoms with van der Waals surface area (Å²) >= 11 is 6.12. The Bertz CT molecular complexity index is 809. The van der Waals surface area contributed by atoms with Gasteiger partial charge in [-0.05, 0) is 42.2 Å². The summed E-state index contributed by atoms with van der Waals surface area (Å²) in [4.78, 5) is 17.2. The van der Waals surface area contributed by atoms with Gasteiger partial charge in [0.05, 0.1) is 6.04 Å². The van der Waals surface area contributed by atoms with Crippen molar-refractivity contribution in [3.63, 3.8) is 0 Å². The van der Waals surface area contributed by atoms with E-state index in [0.717, 1.165) is 24.9 Å². The monoisotopic (exact) mass is 386 g/mol. The van der Waals surface area contributed by atoms with Crippen LogP contribution in [0.3, 0.4) is 0 Å². The van der Waals surface area contributed by atoms with Gasteiger partial charge in [0.15, 0.2) is 0 Å². The lowest BCUT2D eigenvalue weighted by Gasteiger charge is -2.38. The van der Waals surface area contributed by atoms with Gasteiger partial charge in [0.25, 0.3) is 0 Å². The van der Waals surface area contributed by atoms with E-state index in [-0.39, 0.29) is 17.7 Å². The fourth-order valence-corrected chi connectivity index (χ4v) is 3.84. The highest BCUT2D eigenvalue weighted by atomic mass is 35.5. The number of halogens is 1. The molecule has 2 aromatic carbocycles. The molecular formula is C22H27ClN2O2. The zero-order chi connectivity index (χ0) is 19.4. The molecule has 5 heteroatoms. The second-order valence-electron chi connectivity index (χ2n) is 7.28. The number of rotatable bonds is 6. The Labute approximate surface area is 166 Å². The Kier molecular flexibility index (Phi) is 6.40. The highest BCUT2D eigenvalue weighted by Gasteiger charge is 2.33. The topological polar surface area (TPSA) is 43.8 Å². The average molecular weight is 387 g/mol. The van der Waals surface area contributed by atoms with E-state index in [1.165, 1.54) is 11.1 Å². The van der Waals surface area contributed by atoms with Crippen molar-refractivity contribution in [1.82, 2.24) is 9.80 Å². The number of nitrogens with zero attached hydrogens (tertiary/aromatic N) is 2. The van der Waals surface area contributed by atoms with Gasteiger partial charge in [0.2, 0.25) is 5.91 Å². The number of hydrogen-bond donors (Lipinski definition) is 1. The minimum atomic E-state index is -0.236. The first-order valence-corrected chi connectivity index (χ1v) is 9.90. The van der Waals surface area contributed by atoms with Gasteiger partial charge in [-0.1, -0.05) is 49.2 Å². The maximum Gasteiger partial charge on any atom is 0.240 e. The predicted molar refractivity (Wildman–Crippen MR) is 109 cm³/mol. The molecule has 144 valence electrons. The summed E-state index contributed by atoms with van der Waals surface area (Å²) in [5.74, 6) is 0.350. The molecule has 3 rings (SSSR count). The molecule has 1 aliphatic heterocycles. The summed E-state index contributed by atoms with van der Waals surface area (Å²) in [7, 11) is 1.88. The van der Waals surface area contributed by atoms with Crippen LogP contribution in [0.5, 0.6) is 5.75 Å². The molecule has 1 aliphatic rings. The van der Waals surface area contributed by atoms with E-state index in [1.807, 2.05) is 24.1 Å². The lowest BCUT2D eigenvalue weighted by Crippen LogP contribution is -2.50. The first-order valence-electron chi connectivity index (χ1n) is 9.52. The van der Waals surface area contributed by atoms with Gasteiger partial charge in [-0.2, -0.15) is 0 Å². The Morgan fingerprint density at radius 3 is 2.74 bits per heavy atom. The van der Waals surface area contributed by atoms with Crippen LogP contribution in [0.4, 0.5) is 0 Å². The van der Waals surface area contributed by atoms with Crippen molar-refractivity contribution >= 4 is 17.5 Å². The van der Waals surface area contributed by atoms with Crippen molar-refractivity contribution in [3.05, 3.63) is 64.2 Å². The lowest BCUT2D eigenvalue weighted by molar-refractivity contribution is -0.136. The number of carbonyl (C=O) groups excluding carboxylic acids is 1. The van der Waals surface area contributed by atoms with E-state index in [0.29, 0.717) is 24.5 Å². The average Bonchev–Trinajstić information content (AvgIpc) is 2.67. The van der Waals surface area contributed by atoms with Crippen LogP contribution in [0, 0.1) is 0 Å². The quantitative estimate of drug-likeness (QED) is 0.807. The van der Waals surface area contributed by atoms with Crippen molar-refractivity contribution < 1.29 is 9.90 Å². The third kappa shape index (κ3) is 4.63. The van der Waals surface area contributed by atoms with Crippen molar-refractivity contribution in [3.8, 4) is 5.75 Å². The molecule has 1 N–H and O–H groups in total. The molecule has 0 spiro atoms. The zero-order valence-corrected chi connectivity index (χ0v) is 16.7. The molecular weight excluding hydrogens is 360 g/mol. The molecule has 4 nitrogen and oxygen atoms in total. The van der Waals surface area contributed by atoms with E-state index in [9.17, 15) is 9.90 Å². The van der Waals surface area contributed by atoms with Crippen LogP contribution in [0.15, 0.2) is 42.5 Å². The van der Waals surface area contributed by atoms with E-state index in [1.54, 1.807) is 18.2 Å². The summed E-state index contributed by atoms with van der Waals surface area (Å²) < 4.78 is 0. The minimum Gasteiger partial charge on any atom is -0.508 e. The highest BCUT2D eigenvalue weighted by Crippen LogP contribution is 2.29. The Morgan fingerprint density at radius 2 is 2.00 bits per heavy atom. The second-order valence-corrected chi connectivity index (χ2v) is 7.72. The number of carbonyl (C=O) groups is 1. The number of aromatic hydroxyl groups is 1. The van der Waals surface area contributed by atoms with E-state index in [2.05, 4.69) is 24.0 Å². The first kappa shape index (κ1) is 19.7. The maximum atomic E-state index is 13.2. The van der Waals surface area contributed by atoms with Gasteiger partial charge >= 0.3 is 0 Å². The third-order valence-electron chi connectivity index (χ3n) is 5.27. The summed E-state index contributed by atoms with van der Waals surface area (Å²) in [6.45, 7) is 4.06. The van der Waals surface area contributed by atoms with Gasteiger partial charge in [0, 0.05) is 37.3 Å². The van der Waals surface area contributed by atoms with Gasteiger partial charge in [-0.3, -0.25) is 9.69 Å². The van der Waals surface area contributed by atoms with Crippen molar-refractivity contribution in [1.29, 1.82) is 0 Å². The van der Waals surface area contributed by atoms with Crippen LogP contribution in [0.2, 0.25) is 5.02 Å². The number of phenols is 1. The Hall–Kier alpha value is -2.04. The number of phenolic OH excluding ortho intramolecular Hbond substituents is 1. The summed E-state index contributed by atoms with van der Waals surface area (Å²) in [6, 6.07) is 13.1. The Morgan fingerprint density at radius 1 is 1.26 bits per heavy atom. The van der Waals surface area contributed by atoms with Crippen LogP contribution >= 0.6 is 11.6 Å². The first-order chi connectivity index (χ1) is 13.0. The number of likely N-dealkylation sites (N-methyl/N-ethyl adjacent to an activating group) is 1. The second kappa shape index (κ2) is 8.77. The van der Waals surface area contributed by atoms with E-state index >= 15 is 0 Å². The van der Waals surface area contributed by atoms with Gasteiger partial charge < -0.3 is 10.0 Å². The number of unbranched alkanes of at least 4 members (excludes halogenated alkanes) is 1. The molecule has 1 amide bonds. The number of fused-ring (bicyclic) bond motifs is 1. The SMILES string of the molecule is CCCCN(C)C(=O)[C@@H]1Cc2ccccc2CN1Cc1cc(Cl)ccc1O. The molecule has 0 aromatic heterocycles. The highest BCUT2D eigenvalue weighted by molar-refractivity contribution is 6.30. The Balaban J connectivity index is 1.87. The van der Waals surface area contributed by atoms with Gasteiger partial charge in [0.1, 0.15) is 5.75 Å². The van der Waals surface area contributed by atoms with E-state index in [4.69, 9.17) is 11.6 Å². The van der Waals surface area contributed by atoms with Crippen LogP contribution in [0.1, 0.15) is 36.5 Å².